The number of aromatic amines is 1. The summed E-state index contributed by atoms with van der Waals surface area (Å²) in [6, 6.07) is 7.41. The number of hydrogen-bond donors (Lipinski definition) is 1. The van der Waals surface area contributed by atoms with Gasteiger partial charge in [0.05, 0.1) is 13.5 Å². The number of fused-ring (bicyclic) bond motifs is 1. The molecule has 0 fully saturated rings. The van der Waals surface area contributed by atoms with Gasteiger partial charge in [0.15, 0.2) is 0 Å². The fourth-order valence-electron chi connectivity index (χ4n) is 1.94. The van der Waals surface area contributed by atoms with Gasteiger partial charge in [-0.25, -0.2) is 0 Å². The Morgan fingerprint density at radius 2 is 2.11 bits per heavy atom. The maximum absolute atomic E-state index is 12.3. The lowest BCUT2D eigenvalue weighted by molar-refractivity contribution is -0.140. The number of amides is 1. The predicted octanol–water partition coefficient (Wildman–Crippen LogP) is 1.80. The molecular weight excluding hydrogens is 244 g/mol. The highest BCUT2D eigenvalue weighted by Crippen LogP contribution is 2.18. The van der Waals surface area contributed by atoms with Crippen LogP contribution in [-0.4, -0.2) is 42.5 Å². The van der Waals surface area contributed by atoms with Crippen molar-refractivity contribution >= 4 is 22.8 Å². The highest BCUT2D eigenvalue weighted by atomic mass is 16.5. The summed E-state index contributed by atoms with van der Waals surface area (Å²) in [7, 11) is 3.02. The minimum Gasteiger partial charge on any atom is -0.469 e. The van der Waals surface area contributed by atoms with Gasteiger partial charge < -0.3 is 14.6 Å². The average Bonchev–Trinajstić information content (AvgIpc) is 2.91. The molecule has 0 aliphatic carbocycles. The zero-order chi connectivity index (χ0) is 13.8. The second-order valence-corrected chi connectivity index (χ2v) is 4.30. The molecule has 0 atom stereocenters. The van der Waals surface area contributed by atoms with Gasteiger partial charge in [-0.15, -0.1) is 0 Å². The molecule has 0 radical (unpaired) electrons. The Morgan fingerprint density at radius 1 is 1.32 bits per heavy atom. The van der Waals surface area contributed by atoms with Gasteiger partial charge in [-0.1, -0.05) is 6.07 Å². The monoisotopic (exact) mass is 260 g/mol. The van der Waals surface area contributed by atoms with Crippen molar-refractivity contribution in [2.75, 3.05) is 20.7 Å². The lowest BCUT2D eigenvalue weighted by Gasteiger charge is -2.17. The Bertz CT molecular complexity index is 604. The van der Waals surface area contributed by atoms with Gasteiger partial charge in [-0.05, 0) is 18.2 Å². The molecule has 0 aliphatic rings. The van der Waals surface area contributed by atoms with Gasteiger partial charge in [0.1, 0.15) is 0 Å². The number of carbonyl (C=O) groups is 2. The first-order valence-corrected chi connectivity index (χ1v) is 6.02. The molecule has 100 valence electrons. The maximum Gasteiger partial charge on any atom is 0.307 e. The molecule has 5 nitrogen and oxygen atoms in total. The number of nitrogens with one attached hydrogen (secondary N) is 1. The van der Waals surface area contributed by atoms with E-state index < -0.39 is 0 Å². The van der Waals surface area contributed by atoms with E-state index in [1.807, 2.05) is 18.2 Å². The van der Waals surface area contributed by atoms with E-state index in [1.54, 1.807) is 19.3 Å². The summed E-state index contributed by atoms with van der Waals surface area (Å²) < 4.78 is 4.56. The molecule has 1 amide bonds. The fourth-order valence-corrected chi connectivity index (χ4v) is 1.94. The van der Waals surface area contributed by atoms with Crippen molar-refractivity contribution in [3.63, 3.8) is 0 Å². The van der Waals surface area contributed by atoms with E-state index in [9.17, 15) is 9.59 Å². The second-order valence-electron chi connectivity index (χ2n) is 4.30. The van der Waals surface area contributed by atoms with Crippen LogP contribution in [-0.2, 0) is 9.53 Å². The lowest BCUT2D eigenvalue weighted by atomic mass is 10.1. The number of H-pyrrole nitrogens is 1. The Hall–Kier alpha value is -2.30. The largest absolute Gasteiger partial charge is 0.469 e. The maximum atomic E-state index is 12.3. The number of aromatic nitrogens is 1. The molecule has 0 spiro atoms. The third-order valence-electron chi connectivity index (χ3n) is 3.05. The Labute approximate surface area is 111 Å². The van der Waals surface area contributed by atoms with Crippen molar-refractivity contribution < 1.29 is 14.3 Å². The summed E-state index contributed by atoms with van der Waals surface area (Å²) >= 11 is 0. The molecule has 0 saturated heterocycles. The first-order chi connectivity index (χ1) is 9.13. The molecule has 0 bridgehead atoms. The summed E-state index contributed by atoms with van der Waals surface area (Å²) in [5.74, 6) is -0.423. The van der Waals surface area contributed by atoms with E-state index in [0.29, 0.717) is 12.1 Å². The van der Waals surface area contributed by atoms with E-state index in [-0.39, 0.29) is 18.3 Å². The molecule has 0 saturated carbocycles. The van der Waals surface area contributed by atoms with Crippen LogP contribution < -0.4 is 0 Å². The van der Waals surface area contributed by atoms with Crippen molar-refractivity contribution in [3.8, 4) is 0 Å². The summed E-state index contributed by atoms with van der Waals surface area (Å²) in [4.78, 5) is 28.0. The van der Waals surface area contributed by atoms with E-state index in [1.165, 1.54) is 12.0 Å². The van der Waals surface area contributed by atoms with Gasteiger partial charge in [0.25, 0.3) is 5.91 Å². The zero-order valence-electron chi connectivity index (χ0n) is 11.0. The Balaban J connectivity index is 2.15. The molecule has 5 heteroatoms. The molecule has 2 rings (SSSR count). The fraction of sp³-hybridized carbons (Fsp3) is 0.286. The SMILES string of the molecule is COC(=O)CCN(C)C(=O)c1cccc2[nH]ccc12. The Kier molecular flexibility index (Phi) is 3.85. The first-order valence-electron chi connectivity index (χ1n) is 6.02. The number of methoxy groups -OCH3 is 1. The van der Waals surface area contributed by atoms with Gasteiger partial charge in [-0.3, -0.25) is 9.59 Å². The summed E-state index contributed by atoms with van der Waals surface area (Å²) in [6.45, 7) is 0.340. The van der Waals surface area contributed by atoms with Gasteiger partial charge in [0, 0.05) is 36.3 Å². The van der Waals surface area contributed by atoms with Crippen molar-refractivity contribution in [2.45, 2.75) is 6.42 Å². The quantitative estimate of drug-likeness (QED) is 0.853. The number of nitrogens with zero attached hydrogens (tertiary/aromatic N) is 1. The predicted molar refractivity (Wildman–Crippen MR) is 71.9 cm³/mol. The minimum absolute atomic E-state index is 0.103. The standard InChI is InChI=1S/C14H16N2O3/c1-16(9-7-13(17)19-2)14(18)11-4-3-5-12-10(11)6-8-15-12/h3-6,8,15H,7,9H2,1-2H3. The average molecular weight is 260 g/mol. The topological polar surface area (TPSA) is 62.4 Å². The van der Waals surface area contributed by atoms with Crippen LogP contribution in [0, 0.1) is 0 Å². The molecule has 2 aromatic rings. The third-order valence-corrected chi connectivity index (χ3v) is 3.05. The minimum atomic E-state index is -0.320. The highest BCUT2D eigenvalue weighted by Gasteiger charge is 2.15. The molecule has 1 aromatic carbocycles. The number of carbonyl (C=O) groups excluding carboxylic acids is 2. The van der Waals surface area contributed by atoms with Crippen LogP contribution in [0.1, 0.15) is 16.8 Å². The van der Waals surface area contributed by atoms with Crippen LogP contribution in [0.25, 0.3) is 10.9 Å². The van der Waals surface area contributed by atoms with E-state index >= 15 is 0 Å². The van der Waals surface area contributed by atoms with Crippen molar-refractivity contribution in [2.24, 2.45) is 0 Å². The van der Waals surface area contributed by atoms with Crippen LogP contribution in [0.15, 0.2) is 30.5 Å². The van der Waals surface area contributed by atoms with E-state index in [0.717, 1.165) is 10.9 Å². The number of hydrogen-bond acceptors (Lipinski definition) is 3. The van der Waals surface area contributed by atoms with Crippen molar-refractivity contribution in [1.82, 2.24) is 9.88 Å². The molecule has 1 aromatic heterocycles. The summed E-state index contributed by atoms with van der Waals surface area (Å²) in [5, 5.41) is 0.886. The molecule has 1 N–H and O–H groups in total. The van der Waals surface area contributed by atoms with Crippen LogP contribution in [0.3, 0.4) is 0 Å². The van der Waals surface area contributed by atoms with Crippen LogP contribution in [0.4, 0.5) is 0 Å². The highest BCUT2D eigenvalue weighted by molar-refractivity contribution is 6.06. The van der Waals surface area contributed by atoms with Crippen molar-refractivity contribution in [3.05, 3.63) is 36.0 Å². The summed E-state index contributed by atoms with van der Waals surface area (Å²) in [5.41, 5.74) is 1.55. The molecule has 1 heterocycles. The number of benzene rings is 1. The number of esters is 1. The van der Waals surface area contributed by atoms with Gasteiger partial charge in [0.2, 0.25) is 0 Å². The second kappa shape index (κ2) is 5.56. The third kappa shape index (κ3) is 2.76. The Morgan fingerprint density at radius 3 is 2.84 bits per heavy atom. The smallest absolute Gasteiger partial charge is 0.307 e. The van der Waals surface area contributed by atoms with Crippen LogP contribution >= 0.6 is 0 Å². The van der Waals surface area contributed by atoms with Gasteiger partial charge >= 0.3 is 5.97 Å². The first kappa shape index (κ1) is 13.1. The van der Waals surface area contributed by atoms with Crippen LogP contribution in [0.2, 0.25) is 0 Å². The molecule has 19 heavy (non-hydrogen) atoms. The van der Waals surface area contributed by atoms with Crippen LogP contribution in [0.5, 0.6) is 0 Å². The summed E-state index contributed by atoms with van der Waals surface area (Å²) in [6.07, 6.45) is 2.00. The van der Waals surface area contributed by atoms with Gasteiger partial charge in [-0.2, -0.15) is 0 Å². The number of ether oxygens (including phenoxy) is 1. The molecule has 0 aliphatic heterocycles. The lowest BCUT2D eigenvalue weighted by Crippen LogP contribution is -2.29. The number of rotatable bonds is 4. The zero-order valence-corrected chi connectivity index (χ0v) is 11.0. The van der Waals surface area contributed by atoms with E-state index in [2.05, 4.69) is 9.72 Å². The molecule has 0 unspecified atom stereocenters. The van der Waals surface area contributed by atoms with E-state index in [4.69, 9.17) is 0 Å². The normalized spacial score (nSPS) is 10.4. The van der Waals surface area contributed by atoms with Crippen molar-refractivity contribution in [1.29, 1.82) is 0 Å². The molecular formula is C14H16N2O3.